The number of pyridine rings is 1. The highest BCUT2D eigenvalue weighted by molar-refractivity contribution is 9.10. The molecule has 6 nitrogen and oxygen atoms in total. The monoisotopic (exact) mass is 461 g/mol. The summed E-state index contributed by atoms with van der Waals surface area (Å²) in [6.45, 7) is 3.79. The second-order valence-corrected chi connectivity index (χ2v) is 9.10. The molecule has 2 heterocycles. The molecule has 28 heavy (non-hydrogen) atoms. The molecule has 3 aromatic rings. The maximum atomic E-state index is 13.2. The van der Waals surface area contributed by atoms with Gasteiger partial charge in [-0.15, -0.1) is 0 Å². The zero-order chi connectivity index (χ0) is 20.3. The number of benzene rings is 1. The second-order valence-electron chi connectivity index (χ2n) is 6.37. The molecular weight excluding hydrogens is 442 g/mol. The standard InChI is InChI=1S/C20H20BrN3O3S/c1-3-18(23-20(25)15-8-10-22-11-9-15)19-12-16(21)13-24(19)28(26,27)17-6-4-14(2)5-7-17/h4-13,18H,3H2,1-2H3,(H,23,25)/t18-/m1/s1. The molecule has 0 aliphatic carbocycles. The molecule has 0 saturated heterocycles. The van der Waals surface area contributed by atoms with Crippen LogP contribution >= 0.6 is 15.9 Å². The molecule has 0 aliphatic rings. The molecule has 1 N–H and O–H groups in total. The third kappa shape index (κ3) is 4.18. The van der Waals surface area contributed by atoms with Gasteiger partial charge >= 0.3 is 0 Å². The molecule has 1 amide bonds. The van der Waals surface area contributed by atoms with E-state index in [1.165, 1.54) is 22.6 Å². The lowest BCUT2D eigenvalue weighted by Crippen LogP contribution is -2.30. The van der Waals surface area contributed by atoms with E-state index in [1.54, 1.807) is 42.5 Å². The number of aromatic nitrogens is 2. The van der Waals surface area contributed by atoms with Gasteiger partial charge in [0.1, 0.15) is 0 Å². The van der Waals surface area contributed by atoms with Crippen LogP contribution in [0.5, 0.6) is 0 Å². The first-order valence-electron chi connectivity index (χ1n) is 8.74. The summed E-state index contributed by atoms with van der Waals surface area (Å²) >= 11 is 3.36. The number of halogens is 1. The molecule has 0 aliphatic heterocycles. The van der Waals surface area contributed by atoms with Crippen LogP contribution in [0.15, 0.2) is 70.4 Å². The molecule has 0 radical (unpaired) electrons. The molecular formula is C20H20BrN3O3S. The van der Waals surface area contributed by atoms with Gasteiger partial charge in [0.25, 0.3) is 15.9 Å². The Morgan fingerprint density at radius 1 is 1.18 bits per heavy atom. The van der Waals surface area contributed by atoms with E-state index in [4.69, 9.17) is 0 Å². The summed E-state index contributed by atoms with van der Waals surface area (Å²) < 4.78 is 28.2. The first-order valence-corrected chi connectivity index (χ1v) is 11.0. The van der Waals surface area contributed by atoms with Crippen molar-refractivity contribution in [1.29, 1.82) is 0 Å². The van der Waals surface area contributed by atoms with Crippen LogP contribution in [0.4, 0.5) is 0 Å². The van der Waals surface area contributed by atoms with E-state index in [2.05, 4.69) is 26.2 Å². The zero-order valence-electron chi connectivity index (χ0n) is 15.5. The lowest BCUT2D eigenvalue weighted by Gasteiger charge is -2.20. The minimum Gasteiger partial charge on any atom is -0.344 e. The smallest absolute Gasteiger partial charge is 0.267 e. The Balaban J connectivity index is 1.98. The van der Waals surface area contributed by atoms with Crippen molar-refractivity contribution in [3.05, 3.63) is 82.3 Å². The van der Waals surface area contributed by atoms with Gasteiger partial charge in [0.15, 0.2) is 0 Å². The fraction of sp³-hybridized carbons (Fsp3) is 0.200. The Hall–Kier alpha value is -2.45. The SMILES string of the molecule is CC[C@@H](NC(=O)c1ccncc1)c1cc(Br)cn1S(=O)(=O)c1ccc(C)cc1. The van der Waals surface area contributed by atoms with Crippen molar-refractivity contribution in [2.45, 2.75) is 31.2 Å². The van der Waals surface area contributed by atoms with Crippen molar-refractivity contribution in [2.24, 2.45) is 0 Å². The number of amides is 1. The van der Waals surface area contributed by atoms with Crippen molar-refractivity contribution in [3.8, 4) is 0 Å². The van der Waals surface area contributed by atoms with Crippen LogP contribution in [0.2, 0.25) is 0 Å². The quantitative estimate of drug-likeness (QED) is 0.599. The van der Waals surface area contributed by atoms with Gasteiger partial charge in [0.2, 0.25) is 0 Å². The normalized spacial score (nSPS) is 12.5. The summed E-state index contributed by atoms with van der Waals surface area (Å²) in [5.74, 6) is -0.286. The van der Waals surface area contributed by atoms with Crippen LogP contribution in [0.3, 0.4) is 0 Å². The Morgan fingerprint density at radius 3 is 2.43 bits per heavy atom. The second kappa shape index (κ2) is 8.28. The average Bonchev–Trinajstić information content (AvgIpc) is 3.09. The van der Waals surface area contributed by atoms with Gasteiger partial charge < -0.3 is 5.32 Å². The first-order chi connectivity index (χ1) is 13.3. The van der Waals surface area contributed by atoms with Crippen LogP contribution in [-0.4, -0.2) is 23.3 Å². The number of hydrogen-bond acceptors (Lipinski definition) is 4. The van der Waals surface area contributed by atoms with Crippen LogP contribution in [-0.2, 0) is 10.0 Å². The summed E-state index contributed by atoms with van der Waals surface area (Å²) in [4.78, 5) is 16.7. The number of carbonyl (C=O) groups is 1. The van der Waals surface area contributed by atoms with Crippen molar-refractivity contribution in [1.82, 2.24) is 14.3 Å². The van der Waals surface area contributed by atoms with E-state index in [9.17, 15) is 13.2 Å². The third-order valence-corrected chi connectivity index (χ3v) is 6.51. The molecule has 0 bridgehead atoms. The molecule has 1 aromatic carbocycles. The predicted molar refractivity (Wildman–Crippen MR) is 111 cm³/mol. The van der Waals surface area contributed by atoms with Crippen LogP contribution in [0.1, 0.15) is 41.0 Å². The van der Waals surface area contributed by atoms with Crippen LogP contribution in [0, 0.1) is 6.92 Å². The maximum Gasteiger partial charge on any atom is 0.267 e. The summed E-state index contributed by atoms with van der Waals surface area (Å²) in [5, 5.41) is 2.91. The summed E-state index contributed by atoms with van der Waals surface area (Å²) in [6.07, 6.45) is 5.11. The van der Waals surface area contributed by atoms with Gasteiger partial charge in [0.05, 0.1) is 16.6 Å². The van der Waals surface area contributed by atoms with Gasteiger partial charge in [-0.2, -0.15) is 0 Å². The van der Waals surface area contributed by atoms with Crippen molar-refractivity contribution in [3.63, 3.8) is 0 Å². The van der Waals surface area contributed by atoms with Gasteiger partial charge in [-0.25, -0.2) is 12.4 Å². The zero-order valence-corrected chi connectivity index (χ0v) is 17.9. The lowest BCUT2D eigenvalue weighted by atomic mass is 10.1. The molecule has 0 fully saturated rings. The highest BCUT2D eigenvalue weighted by atomic mass is 79.9. The molecule has 3 rings (SSSR count). The average molecular weight is 462 g/mol. The Labute approximate surface area is 172 Å². The number of nitrogens with one attached hydrogen (secondary N) is 1. The molecule has 8 heteroatoms. The largest absolute Gasteiger partial charge is 0.344 e. The highest BCUT2D eigenvalue weighted by Gasteiger charge is 2.25. The Kier molecular flexibility index (Phi) is 6.00. The van der Waals surface area contributed by atoms with E-state index in [1.807, 2.05) is 13.8 Å². The third-order valence-electron chi connectivity index (χ3n) is 4.37. The van der Waals surface area contributed by atoms with E-state index in [0.717, 1.165) is 5.56 Å². The highest BCUT2D eigenvalue weighted by Crippen LogP contribution is 2.28. The van der Waals surface area contributed by atoms with Crippen LogP contribution < -0.4 is 5.32 Å². The molecule has 146 valence electrons. The van der Waals surface area contributed by atoms with Crippen LogP contribution in [0.25, 0.3) is 0 Å². The van der Waals surface area contributed by atoms with E-state index < -0.39 is 16.1 Å². The van der Waals surface area contributed by atoms with Crippen molar-refractivity contribution in [2.75, 3.05) is 0 Å². The topological polar surface area (TPSA) is 81.1 Å². The van der Waals surface area contributed by atoms with E-state index in [0.29, 0.717) is 22.2 Å². The summed E-state index contributed by atoms with van der Waals surface area (Å²) in [5.41, 5.74) is 1.92. The number of aryl methyl sites for hydroxylation is 1. The molecule has 0 saturated carbocycles. The number of rotatable bonds is 6. The minimum absolute atomic E-state index is 0.192. The van der Waals surface area contributed by atoms with E-state index >= 15 is 0 Å². The first kappa shape index (κ1) is 20.3. The fourth-order valence-electron chi connectivity index (χ4n) is 2.84. The van der Waals surface area contributed by atoms with Gasteiger partial charge in [-0.1, -0.05) is 24.6 Å². The Morgan fingerprint density at radius 2 is 1.82 bits per heavy atom. The molecule has 0 unspecified atom stereocenters. The lowest BCUT2D eigenvalue weighted by molar-refractivity contribution is 0.0934. The van der Waals surface area contributed by atoms with Gasteiger partial charge in [-0.3, -0.25) is 9.78 Å². The Bertz CT molecular complexity index is 1080. The predicted octanol–water partition coefficient (Wildman–Crippen LogP) is 4.07. The summed E-state index contributed by atoms with van der Waals surface area (Å²) in [6, 6.07) is 11.1. The molecule has 0 spiro atoms. The minimum atomic E-state index is -3.80. The summed E-state index contributed by atoms with van der Waals surface area (Å²) in [7, 11) is -3.80. The number of hydrogen-bond donors (Lipinski definition) is 1. The van der Waals surface area contributed by atoms with Gasteiger partial charge in [0, 0.05) is 28.6 Å². The number of carbonyl (C=O) groups excluding carboxylic acids is 1. The van der Waals surface area contributed by atoms with Crippen molar-refractivity contribution < 1.29 is 13.2 Å². The fourth-order valence-corrected chi connectivity index (χ4v) is 4.84. The maximum absolute atomic E-state index is 13.2. The molecule has 1 atom stereocenters. The van der Waals surface area contributed by atoms with E-state index in [-0.39, 0.29) is 10.8 Å². The molecule has 2 aromatic heterocycles. The number of nitrogens with zero attached hydrogens (tertiary/aromatic N) is 2. The van der Waals surface area contributed by atoms with Gasteiger partial charge in [-0.05, 0) is 59.6 Å². The van der Waals surface area contributed by atoms with Crippen molar-refractivity contribution >= 4 is 31.9 Å².